The van der Waals surface area contributed by atoms with Gasteiger partial charge in [0, 0.05) is 11.3 Å². The van der Waals surface area contributed by atoms with Gasteiger partial charge in [-0.05, 0) is 25.1 Å². The van der Waals surface area contributed by atoms with Gasteiger partial charge in [-0.3, -0.25) is 0 Å². The summed E-state index contributed by atoms with van der Waals surface area (Å²) in [5.41, 5.74) is -5.29. The van der Waals surface area contributed by atoms with Gasteiger partial charge >= 0.3 is 5.51 Å². The van der Waals surface area contributed by atoms with Crippen LogP contribution in [0, 0.1) is 5.82 Å². The molecule has 2 aromatic rings. The summed E-state index contributed by atoms with van der Waals surface area (Å²) in [7, 11) is -5.69. The Kier molecular flexibility index (Phi) is 5.43. The van der Waals surface area contributed by atoms with E-state index in [-0.39, 0.29) is 11.6 Å². The number of nitrogens with one attached hydrogen (secondary N) is 1. The van der Waals surface area contributed by atoms with Crippen LogP contribution in [0.3, 0.4) is 0 Å². The van der Waals surface area contributed by atoms with Gasteiger partial charge in [-0.1, -0.05) is 13.8 Å². The molecular formula is C15H16F4N2O2S2. The van der Waals surface area contributed by atoms with E-state index < -0.39 is 32.1 Å². The molecule has 0 unspecified atom stereocenters. The Hall–Kier alpha value is -1.68. The fourth-order valence-corrected chi connectivity index (χ4v) is 3.90. The van der Waals surface area contributed by atoms with E-state index in [1.165, 1.54) is 11.3 Å². The Morgan fingerprint density at radius 3 is 2.36 bits per heavy atom. The Balaban J connectivity index is 2.40. The van der Waals surface area contributed by atoms with E-state index in [2.05, 4.69) is 10.3 Å². The lowest BCUT2D eigenvalue weighted by molar-refractivity contribution is -0.0435. The van der Waals surface area contributed by atoms with Crippen LogP contribution in [0.5, 0.6) is 0 Å². The highest BCUT2D eigenvalue weighted by Crippen LogP contribution is 2.36. The predicted octanol–water partition coefficient (Wildman–Crippen LogP) is 4.87. The molecule has 10 heteroatoms. The zero-order chi connectivity index (χ0) is 19.0. The molecule has 138 valence electrons. The molecule has 0 aliphatic carbocycles. The van der Waals surface area contributed by atoms with Crippen LogP contribution in [-0.4, -0.2) is 18.9 Å². The van der Waals surface area contributed by atoms with E-state index in [1.807, 2.05) is 13.8 Å². The summed E-state index contributed by atoms with van der Waals surface area (Å²) in [4.78, 5) is 3.23. The van der Waals surface area contributed by atoms with Gasteiger partial charge in [0.25, 0.3) is 9.84 Å². The van der Waals surface area contributed by atoms with E-state index in [9.17, 15) is 26.0 Å². The molecule has 0 saturated heterocycles. The monoisotopic (exact) mass is 396 g/mol. The molecule has 0 bridgehead atoms. The number of nitrogens with zero attached hydrogens (tertiary/aromatic N) is 1. The maximum atomic E-state index is 13.3. The number of benzene rings is 1. The molecule has 25 heavy (non-hydrogen) atoms. The van der Waals surface area contributed by atoms with Crippen LogP contribution in [0.1, 0.15) is 43.4 Å². The Morgan fingerprint density at radius 2 is 1.84 bits per heavy atom. The summed E-state index contributed by atoms with van der Waals surface area (Å²) in [5.74, 6) is -0.880. The number of anilines is 1. The molecule has 0 spiro atoms. The molecule has 0 aliphatic heterocycles. The van der Waals surface area contributed by atoms with Crippen molar-refractivity contribution < 1.29 is 26.0 Å². The third-order valence-corrected chi connectivity index (χ3v) is 6.08. The SMILES string of the molecule is CC(C)c1nc([C@@H](C)Nc2ccc(F)cc2S(=O)(=O)C(F)(F)F)cs1. The number of rotatable bonds is 5. The number of aromatic nitrogens is 1. The maximum absolute atomic E-state index is 13.3. The second-order valence-corrected chi connectivity index (χ2v) is 8.52. The summed E-state index contributed by atoms with van der Waals surface area (Å²) < 4.78 is 75.2. The van der Waals surface area contributed by atoms with Crippen LogP contribution in [0.2, 0.25) is 0 Å². The fraction of sp³-hybridized carbons (Fsp3) is 0.400. The summed E-state index contributed by atoms with van der Waals surface area (Å²) in [6.07, 6.45) is 0. The van der Waals surface area contributed by atoms with Crippen molar-refractivity contribution in [3.05, 3.63) is 40.1 Å². The van der Waals surface area contributed by atoms with Crippen molar-refractivity contribution in [1.29, 1.82) is 0 Å². The molecule has 1 atom stereocenters. The van der Waals surface area contributed by atoms with Crippen LogP contribution in [0.4, 0.5) is 23.2 Å². The van der Waals surface area contributed by atoms with Gasteiger partial charge in [0.05, 0.1) is 22.4 Å². The molecule has 0 fully saturated rings. The molecule has 0 saturated carbocycles. The lowest BCUT2D eigenvalue weighted by Crippen LogP contribution is -2.25. The van der Waals surface area contributed by atoms with Crippen molar-refractivity contribution in [2.45, 2.75) is 43.1 Å². The van der Waals surface area contributed by atoms with Crippen LogP contribution in [-0.2, 0) is 9.84 Å². The first-order chi connectivity index (χ1) is 11.4. The zero-order valence-electron chi connectivity index (χ0n) is 13.6. The number of hydrogen-bond acceptors (Lipinski definition) is 5. The maximum Gasteiger partial charge on any atom is 0.501 e. The van der Waals surface area contributed by atoms with Crippen LogP contribution in [0.25, 0.3) is 0 Å². The first kappa shape index (κ1) is 19.6. The van der Waals surface area contributed by atoms with Crippen molar-refractivity contribution in [2.24, 2.45) is 0 Å². The first-order valence-electron chi connectivity index (χ1n) is 7.26. The molecule has 1 N–H and O–H groups in total. The summed E-state index contributed by atoms with van der Waals surface area (Å²) in [6, 6.07) is 1.67. The molecule has 4 nitrogen and oxygen atoms in total. The predicted molar refractivity (Wildman–Crippen MR) is 87.9 cm³/mol. The van der Waals surface area contributed by atoms with E-state index in [0.29, 0.717) is 11.8 Å². The Bertz CT molecular complexity index is 861. The largest absolute Gasteiger partial charge is 0.501 e. The van der Waals surface area contributed by atoms with E-state index in [1.54, 1.807) is 12.3 Å². The first-order valence-corrected chi connectivity index (χ1v) is 9.62. The van der Waals surface area contributed by atoms with Gasteiger partial charge in [-0.15, -0.1) is 11.3 Å². The summed E-state index contributed by atoms with van der Waals surface area (Å²) >= 11 is 1.40. The lowest BCUT2D eigenvalue weighted by Gasteiger charge is -2.18. The van der Waals surface area contributed by atoms with E-state index >= 15 is 0 Å². The Morgan fingerprint density at radius 1 is 1.20 bits per heavy atom. The highest BCUT2D eigenvalue weighted by molar-refractivity contribution is 7.92. The number of halogens is 4. The van der Waals surface area contributed by atoms with Gasteiger partial charge in [0.15, 0.2) is 0 Å². The number of alkyl halides is 3. The normalized spacial score (nSPS) is 13.9. The number of thiazole rings is 1. The second kappa shape index (κ2) is 6.91. The molecule has 1 aromatic heterocycles. The highest BCUT2D eigenvalue weighted by atomic mass is 32.2. The van der Waals surface area contributed by atoms with Crippen molar-refractivity contribution in [3.8, 4) is 0 Å². The quantitative estimate of drug-likeness (QED) is 0.733. The minimum Gasteiger partial charge on any atom is -0.376 e. The smallest absolute Gasteiger partial charge is 0.376 e. The average molecular weight is 396 g/mol. The standard InChI is InChI=1S/C15H16F4N2O2S2/c1-8(2)14-21-12(7-24-14)9(3)20-11-5-4-10(16)6-13(11)25(22,23)15(17,18)19/h4-9,20H,1-3H3/t9-/m1/s1. The number of sulfone groups is 1. The number of hydrogen-bond donors (Lipinski definition) is 1. The minimum atomic E-state index is -5.69. The van der Waals surface area contributed by atoms with E-state index in [4.69, 9.17) is 0 Å². The lowest BCUT2D eigenvalue weighted by atomic mass is 10.2. The van der Waals surface area contributed by atoms with Crippen molar-refractivity contribution in [2.75, 3.05) is 5.32 Å². The van der Waals surface area contributed by atoms with Gasteiger partial charge in [0.1, 0.15) is 10.7 Å². The topological polar surface area (TPSA) is 59.1 Å². The van der Waals surface area contributed by atoms with Crippen LogP contribution >= 0.6 is 11.3 Å². The molecule has 1 aromatic carbocycles. The van der Waals surface area contributed by atoms with Crippen LogP contribution < -0.4 is 5.32 Å². The second-order valence-electron chi connectivity index (χ2n) is 5.72. The summed E-state index contributed by atoms with van der Waals surface area (Å²) in [5, 5.41) is 5.28. The van der Waals surface area contributed by atoms with Crippen molar-refractivity contribution >= 4 is 26.9 Å². The van der Waals surface area contributed by atoms with Gasteiger partial charge < -0.3 is 5.32 Å². The fourth-order valence-electron chi connectivity index (χ4n) is 2.03. The van der Waals surface area contributed by atoms with Crippen LogP contribution in [0.15, 0.2) is 28.5 Å². The molecule has 0 radical (unpaired) electrons. The third kappa shape index (κ3) is 4.12. The summed E-state index contributed by atoms with van der Waals surface area (Å²) in [6.45, 7) is 5.54. The van der Waals surface area contributed by atoms with Gasteiger partial charge in [-0.2, -0.15) is 13.2 Å². The van der Waals surface area contributed by atoms with Gasteiger partial charge in [0.2, 0.25) is 0 Å². The third-order valence-electron chi connectivity index (χ3n) is 3.39. The molecular weight excluding hydrogens is 380 g/mol. The van der Waals surface area contributed by atoms with E-state index in [0.717, 1.165) is 17.1 Å². The van der Waals surface area contributed by atoms with Gasteiger partial charge in [-0.25, -0.2) is 17.8 Å². The van der Waals surface area contributed by atoms with Crippen molar-refractivity contribution in [3.63, 3.8) is 0 Å². The minimum absolute atomic E-state index is 0.193. The van der Waals surface area contributed by atoms with Crippen molar-refractivity contribution in [1.82, 2.24) is 4.98 Å². The highest BCUT2D eigenvalue weighted by Gasteiger charge is 2.48. The average Bonchev–Trinajstić information content (AvgIpc) is 2.98. The molecule has 0 aliphatic rings. The molecule has 0 amide bonds. The Labute approximate surface area is 146 Å². The molecule has 1 heterocycles. The molecule has 2 rings (SSSR count). The zero-order valence-corrected chi connectivity index (χ0v) is 15.2.